The predicted octanol–water partition coefficient (Wildman–Crippen LogP) is 1.37. The van der Waals surface area contributed by atoms with Crippen LogP contribution in [-0.4, -0.2) is 36.6 Å². The first-order valence-corrected chi connectivity index (χ1v) is 4.80. The van der Waals surface area contributed by atoms with Gasteiger partial charge < -0.3 is 9.64 Å². The second-order valence-electron chi connectivity index (χ2n) is 3.56. The molecule has 1 aliphatic heterocycles. The molecule has 0 atom stereocenters. The van der Waals surface area contributed by atoms with E-state index in [1.54, 1.807) is 4.90 Å². The maximum Gasteiger partial charge on any atom is 0.210 e. The largest absolute Gasteiger partial charge is 0.377 e. The van der Waals surface area contributed by atoms with Crippen molar-refractivity contribution in [1.29, 1.82) is 0 Å². The standard InChI is InChI=1S/C11H17NO2/c1-3-5-11(6-4-2)9-14-8-7-12(11)10-13/h3-4,10H,1-2,5-9H2. The quantitative estimate of drug-likeness (QED) is 0.490. The van der Waals surface area contributed by atoms with Crippen LogP contribution in [0.3, 0.4) is 0 Å². The van der Waals surface area contributed by atoms with E-state index >= 15 is 0 Å². The van der Waals surface area contributed by atoms with E-state index in [0.717, 1.165) is 19.3 Å². The van der Waals surface area contributed by atoms with Crippen LogP contribution in [0.4, 0.5) is 0 Å². The van der Waals surface area contributed by atoms with Gasteiger partial charge in [-0.2, -0.15) is 0 Å². The SMILES string of the molecule is C=CCC1(CC=C)COCCN1C=O. The van der Waals surface area contributed by atoms with Gasteiger partial charge in [0, 0.05) is 6.54 Å². The summed E-state index contributed by atoms with van der Waals surface area (Å²) in [5.41, 5.74) is -0.247. The van der Waals surface area contributed by atoms with Crippen LogP contribution in [0, 0.1) is 0 Å². The third kappa shape index (κ3) is 2.04. The third-order valence-corrected chi connectivity index (χ3v) is 2.63. The highest BCUT2D eigenvalue weighted by molar-refractivity contribution is 5.49. The number of hydrogen-bond donors (Lipinski definition) is 0. The van der Waals surface area contributed by atoms with Gasteiger partial charge in [-0.1, -0.05) is 12.2 Å². The average molecular weight is 195 g/mol. The van der Waals surface area contributed by atoms with E-state index in [1.807, 2.05) is 12.2 Å². The fraction of sp³-hybridized carbons (Fsp3) is 0.545. The lowest BCUT2D eigenvalue weighted by Crippen LogP contribution is -2.55. The van der Waals surface area contributed by atoms with Crippen LogP contribution >= 0.6 is 0 Å². The molecule has 3 nitrogen and oxygen atoms in total. The van der Waals surface area contributed by atoms with Gasteiger partial charge in [-0.25, -0.2) is 0 Å². The number of nitrogens with zero attached hydrogens (tertiary/aromatic N) is 1. The van der Waals surface area contributed by atoms with Crippen LogP contribution in [0.5, 0.6) is 0 Å². The number of rotatable bonds is 5. The molecule has 0 bridgehead atoms. The first-order valence-electron chi connectivity index (χ1n) is 4.80. The molecule has 1 saturated heterocycles. The number of hydrogen-bond acceptors (Lipinski definition) is 2. The van der Waals surface area contributed by atoms with Crippen LogP contribution in [0.2, 0.25) is 0 Å². The van der Waals surface area contributed by atoms with E-state index in [0.29, 0.717) is 19.8 Å². The average Bonchev–Trinajstić information content (AvgIpc) is 2.19. The molecule has 0 aromatic carbocycles. The van der Waals surface area contributed by atoms with Gasteiger partial charge in [-0.05, 0) is 12.8 Å². The van der Waals surface area contributed by atoms with Crippen molar-refractivity contribution >= 4 is 6.41 Å². The highest BCUT2D eigenvalue weighted by Gasteiger charge is 2.36. The van der Waals surface area contributed by atoms with Crippen molar-refractivity contribution in [3.63, 3.8) is 0 Å². The van der Waals surface area contributed by atoms with E-state index in [9.17, 15) is 4.79 Å². The smallest absolute Gasteiger partial charge is 0.210 e. The number of ether oxygens (including phenoxy) is 1. The maximum absolute atomic E-state index is 10.9. The molecule has 14 heavy (non-hydrogen) atoms. The molecule has 78 valence electrons. The van der Waals surface area contributed by atoms with Gasteiger partial charge in [0.15, 0.2) is 0 Å². The Bertz CT molecular complexity index is 215. The number of morpholine rings is 1. The molecular formula is C11H17NO2. The Hall–Kier alpha value is -1.09. The Morgan fingerprint density at radius 1 is 1.36 bits per heavy atom. The number of amides is 1. The van der Waals surface area contributed by atoms with Crippen molar-refractivity contribution < 1.29 is 9.53 Å². The monoisotopic (exact) mass is 195 g/mol. The Labute approximate surface area is 85.0 Å². The molecule has 0 unspecified atom stereocenters. The zero-order valence-electron chi connectivity index (χ0n) is 8.45. The first-order chi connectivity index (χ1) is 6.79. The van der Waals surface area contributed by atoms with Gasteiger partial charge in [-0.15, -0.1) is 13.2 Å². The van der Waals surface area contributed by atoms with Crippen LogP contribution in [0.25, 0.3) is 0 Å². The molecule has 1 aliphatic rings. The molecule has 3 heteroatoms. The van der Waals surface area contributed by atoms with Gasteiger partial charge in [0.2, 0.25) is 6.41 Å². The lowest BCUT2D eigenvalue weighted by molar-refractivity contribution is -0.135. The zero-order valence-corrected chi connectivity index (χ0v) is 8.45. The summed E-state index contributed by atoms with van der Waals surface area (Å²) >= 11 is 0. The molecule has 0 aliphatic carbocycles. The normalized spacial score (nSPS) is 20.1. The summed E-state index contributed by atoms with van der Waals surface area (Å²) in [5.74, 6) is 0. The minimum atomic E-state index is -0.247. The van der Waals surface area contributed by atoms with E-state index in [1.165, 1.54) is 0 Å². The Kier molecular flexibility index (Phi) is 3.89. The molecule has 1 heterocycles. The molecule has 1 amide bonds. The van der Waals surface area contributed by atoms with Gasteiger partial charge in [0.1, 0.15) is 0 Å². The summed E-state index contributed by atoms with van der Waals surface area (Å²) in [6.45, 7) is 9.29. The van der Waals surface area contributed by atoms with Gasteiger partial charge in [0.05, 0.1) is 18.8 Å². The highest BCUT2D eigenvalue weighted by atomic mass is 16.5. The Balaban J connectivity index is 2.82. The van der Waals surface area contributed by atoms with E-state index < -0.39 is 0 Å². The molecule has 0 N–H and O–H groups in total. The summed E-state index contributed by atoms with van der Waals surface area (Å²) < 4.78 is 5.43. The molecule has 0 saturated carbocycles. The topological polar surface area (TPSA) is 29.5 Å². The summed E-state index contributed by atoms with van der Waals surface area (Å²) in [7, 11) is 0. The van der Waals surface area contributed by atoms with E-state index in [4.69, 9.17) is 4.74 Å². The number of carbonyl (C=O) groups is 1. The van der Waals surface area contributed by atoms with Gasteiger partial charge >= 0.3 is 0 Å². The summed E-state index contributed by atoms with van der Waals surface area (Å²) in [5, 5.41) is 0. The summed E-state index contributed by atoms with van der Waals surface area (Å²) in [4.78, 5) is 12.7. The maximum atomic E-state index is 10.9. The highest BCUT2D eigenvalue weighted by Crippen LogP contribution is 2.27. The van der Waals surface area contributed by atoms with Crippen molar-refractivity contribution in [3.05, 3.63) is 25.3 Å². The van der Waals surface area contributed by atoms with E-state index in [-0.39, 0.29) is 5.54 Å². The minimum absolute atomic E-state index is 0.247. The summed E-state index contributed by atoms with van der Waals surface area (Å²) in [6.07, 6.45) is 6.05. The first kappa shape index (κ1) is 11.0. The fourth-order valence-electron chi connectivity index (χ4n) is 1.88. The molecule has 0 spiro atoms. The second-order valence-corrected chi connectivity index (χ2v) is 3.56. The molecule has 1 fully saturated rings. The number of carbonyl (C=O) groups excluding carboxylic acids is 1. The molecule has 0 aromatic rings. The van der Waals surface area contributed by atoms with E-state index in [2.05, 4.69) is 13.2 Å². The third-order valence-electron chi connectivity index (χ3n) is 2.63. The lowest BCUT2D eigenvalue weighted by atomic mass is 9.89. The van der Waals surface area contributed by atoms with Crippen molar-refractivity contribution in [2.75, 3.05) is 19.8 Å². The van der Waals surface area contributed by atoms with Crippen molar-refractivity contribution in [2.24, 2.45) is 0 Å². The molecule has 1 rings (SSSR count). The minimum Gasteiger partial charge on any atom is -0.377 e. The Morgan fingerprint density at radius 2 is 2.00 bits per heavy atom. The van der Waals surface area contributed by atoms with Crippen molar-refractivity contribution in [1.82, 2.24) is 4.90 Å². The molecule has 0 aromatic heterocycles. The van der Waals surface area contributed by atoms with Gasteiger partial charge in [0.25, 0.3) is 0 Å². The van der Waals surface area contributed by atoms with Crippen LogP contribution < -0.4 is 0 Å². The molecular weight excluding hydrogens is 178 g/mol. The van der Waals surface area contributed by atoms with Crippen LogP contribution in [0.1, 0.15) is 12.8 Å². The lowest BCUT2D eigenvalue weighted by Gasteiger charge is -2.44. The molecule has 0 radical (unpaired) electrons. The predicted molar refractivity (Wildman–Crippen MR) is 55.9 cm³/mol. The second kappa shape index (κ2) is 4.96. The zero-order chi connectivity index (χ0) is 10.4. The van der Waals surface area contributed by atoms with Crippen LogP contribution in [-0.2, 0) is 9.53 Å². The van der Waals surface area contributed by atoms with Crippen molar-refractivity contribution in [2.45, 2.75) is 18.4 Å². The van der Waals surface area contributed by atoms with Crippen molar-refractivity contribution in [3.8, 4) is 0 Å². The fourth-order valence-corrected chi connectivity index (χ4v) is 1.88. The summed E-state index contributed by atoms with van der Waals surface area (Å²) in [6, 6.07) is 0. The van der Waals surface area contributed by atoms with Gasteiger partial charge in [-0.3, -0.25) is 4.79 Å². The van der Waals surface area contributed by atoms with Crippen LogP contribution in [0.15, 0.2) is 25.3 Å². The Morgan fingerprint density at radius 3 is 2.50 bits per heavy atom.